The molecule has 0 saturated carbocycles. The standard InChI is InChI=1S/C14H15N3O2/c1-9-6-14(17-16-10(2)8-18)15-13-7-11(19-3)4-5-12(9)13/h4-8H,1-3H3,(H,15,17). The van der Waals surface area contributed by atoms with Crippen LogP contribution in [0.2, 0.25) is 0 Å². The van der Waals surface area contributed by atoms with Crippen molar-refractivity contribution in [3.05, 3.63) is 29.8 Å². The largest absolute Gasteiger partial charge is 0.497 e. The molecule has 1 aromatic heterocycles. The molecule has 1 aromatic carbocycles. The lowest BCUT2D eigenvalue weighted by Gasteiger charge is -2.07. The summed E-state index contributed by atoms with van der Waals surface area (Å²) in [6.45, 7) is 3.62. The Morgan fingerprint density at radius 2 is 2.21 bits per heavy atom. The van der Waals surface area contributed by atoms with Crippen LogP contribution < -0.4 is 10.2 Å². The first-order valence-corrected chi connectivity index (χ1v) is 5.85. The summed E-state index contributed by atoms with van der Waals surface area (Å²) in [5.41, 5.74) is 5.03. The minimum absolute atomic E-state index is 0.366. The molecule has 1 heterocycles. The molecule has 5 nitrogen and oxygen atoms in total. The zero-order valence-corrected chi connectivity index (χ0v) is 11.1. The second kappa shape index (κ2) is 5.48. The number of fused-ring (bicyclic) bond motifs is 1. The van der Waals surface area contributed by atoms with Gasteiger partial charge < -0.3 is 4.74 Å². The zero-order valence-electron chi connectivity index (χ0n) is 11.1. The monoisotopic (exact) mass is 257 g/mol. The number of nitrogens with zero attached hydrogens (tertiary/aromatic N) is 2. The normalized spacial score (nSPS) is 11.4. The molecule has 98 valence electrons. The van der Waals surface area contributed by atoms with Crippen molar-refractivity contribution in [3.8, 4) is 5.75 Å². The van der Waals surface area contributed by atoms with Gasteiger partial charge in [0.05, 0.1) is 18.3 Å². The zero-order chi connectivity index (χ0) is 13.8. The lowest BCUT2D eigenvalue weighted by molar-refractivity contribution is -0.102. The predicted octanol–water partition coefficient (Wildman–Crippen LogP) is 2.54. The van der Waals surface area contributed by atoms with Gasteiger partial charge in [0, 0.05) is 11.5 Å². The van der Waals surface area contributed by atoms with Crippen molar-refractivity contribution in [2.24, 2.45) is 5.10 Å². The Hall–Kier alpha value is -2.43. The fraction of sp³-hybridized carbons (Fsp3) is 0.214. The first-order chi connectivity index (χ1) is 9.13. The molecule has 5 heteroatoms. The van der Waals surface area contributed by atoms with Gasteiger partial charge in [-0.15, -0.1) is 0 Å². The maximum atomic E-state index is 10.5. The lowest BCUT2D eigenvalue weighted by Crippen LogP contribution is -2.00. The Morgan fingerprint density at radius 1 is 1.42 bits per heavy atom. The maximum Gasteiger partial charge on any atom is 0.165 e. The van der Waals surface area contributed by atoms with Crippen molar-refractivity contribution in [1.29, 1.82) is 0 Å². The molecule has 0 aliphatic heterocycles. The van der Waals surface area contributed by atoms with E-state index in [0.29, 0.717) is 17.8 Å². The summed E-state index contributed by atoms with van der Waals surface area (Å²) in [5, 5.41) is 4.97. The third kappa shape index (κ3) is 2.88. The van der Waals surface area contributed by atoms with Crippen LogP contribution in [-0.4, -0.2) is 24.1 Å². The highest BCUT2D eigenvalue weighted by molar-refractivity contribution is 6.27. The van der Waals surface area contributed by atoms with Crippen molar-refractivity contribution < 1.29 is 9.53 Å². The molecule has 0 atom stereocenters. The van der Waals surface area contributed by atoms with E-state index >= 15 is 0 Å². The van der Waals surface area contributed by atoms with Gasteiger partial charge in [0.2, 0.25) is 0 Å². The van der Waals surface area contributed by atoms with E-state index < -0.39 is 0 Å². The van der Waals surface area contributed by atoms with E-state index in [2.05, 4.69) is 15.5 Å². The number of hydrogen-bond donors (Lipinski definition) is 1. The molecule has 0 amide bonds. The number of carbonyl (C=O) groups is 1. The molecule has 2 aromatic rings. The number of benzene rings is 1. The molecule has 0 saturated heterocycles. The first-order valence-electron chi connectivity index (χ1n) is 5.85. The number of pyridine rings is 1. The summed E-state index contributed by atoms with van der Waals surface area (Å²) in [7, 11) is 1.62. The molecule has 0 unspecified atom stereocenters. The molecular formula is C14H15N3O2. The average molecular weight is 257 g/mol. The van der Waals surface area contributed by atoms with E-state index in [-0.39, 0.29) is 0 Å². The van der Waals surface area contributed by atoms with Crippen LogP contribution in [0.4, 0.5) is 5.82 Å². The number of rotatable bonds is 4. The van der Waals surface area contributed by atoms with E-state index in [1.807, 2.05) is 31.2 Å². The van der Waals surface area contributed by atoms with E-state index in [0.717, 1.165) is 22.2 Å². The minimum atomic E-state index is 0.366. The molecule has 0 aliphatic rings. The van der Waals surface area contributed by atoms with Crippen LogP contribution in [0.5, 0.6) is 5.75 Å². The van der Waals surface area contributed by atoms with Gasteiger partial charge in [-0.1, -0.05) is 0 Å². The third-order valence-electron chi connectivity index (χ3n) is 2.74. The Bertz CT molecular complexity index is 650. The van der Waals surface area contributed by atoms with Crippen molar-refractivity contribution in [2.75, 3.05) is 12.5 Å². The van der Waals surface area contributed by atoms with E-state index in [9.17, 15) is 4.79 Å². The van der Waals surface area contributed by atoms with Gasteiger partial charge >= 0.3 is 0 Å². The predicted molar refractivity (Wildman–Crippen MR) is 75.8 cm³/mol. The molecule has 19 heavy (non-hydrogen) atoms. The van der Waals surface area contributed by atoms with Crippen molar-refractivity contribution >= 4 is 28.7 Å². The Kier molecular flexibility index (Phi) is 3.75. The maximum absolute atomic E-state index is 10.5. The smallest absolute Gasteiger partial charge is 0.165 e. The van der Waals surface area contributed by atoms with Crippen LogP contribution in [0, 0.1) is 6.92 Å². The highest BCUT2D eigenvalue weighted by atomic mass is 16.5. The number of aromatic nitrogens is 1. The van der Waals surface area contributed by atoms with Crippen LogP contribution in [-0.2, 0) is 4.79 Å². The number of aryl methyl sites for hydroxylation is 1. The summed E-state index contributed by atoms with van der Waals surface area (Å²) in [6.07, 6.45) is 0.684. The van der Waals surface area contributed by atoms with Crippen LogP contribution in [0.1, 0.15) is 12.5 Å². The summed E-state index contributed by atoms with van der Waals surface area (Å²) < 4.78 is 5.18. The van der Waals surface area contributed by atoms with Gasteiger partial charge in [-0.3, -0.25) is 10.2 Å². The van der Waals surface area contributed by atoms with Crippen molar-refractivity contribution in [2.45, 2.75) is 13.8 Å². The van der Waals surface area contributed by atoms with Crippen LogP contribution in [0.15, 0.2) is 29.4 Å². The first kappa shape index (κ1) is 13.0. The fourth-order valence-corrected chi connectivity index (χ4v) is 1.74. The Balaban J connectivity index is 2.44. The highest BCUT2D eigenvalue weighted by Crippen LogP contribution is 2.24. The quantitative estimate of drug-likeness (QED) is 0.519. The number of hydrazone groups is 1. The van der Waals surface area contributed by atoms with Crippen molar-refractivity contribution in [3.63, 3.8) is 0 Å². The van der Waals surface area contributed by atoms with E-state index in [1.165, 1.54) is 0 Å². The fourth-order valence-electron chi connectivity index (χ4n) is 1.74. The molecule has 0 fully saturated rings. The van der Waals surface area contributed by atoms with Crippen LogP contribution in [0.3, 0.4) is 0 Å². The summed E-state index contributed by atoms with van der Waals surface area (Å²) >= 11 is 0. The van der Waals surface area contributed by atoms with E-state index in [1.54, 1.807) is 14.0 Å². The average Bonchev–Trinajstić information content (AvgIpc) is 2.44. The second-order valence-corrected chi connectivity index (χ2v) is 4.19. The highest BCUT2D eigenvalue weighted by Gasteiger charge is 2.04. The Morgan fingerprint density at radius 3 is 2.89 bits per heavy atom. The van der Waals surface area contributed by atoms with Gasteiger partial charge in [0.15, 0.2) is 6.29 Å². The molecular weight excluding hydrogens is 242 g/mol. The minimum Gasteiger partial charge on any atom is -0.497 e. The van der Waals surface area contributed by atoms with Crippen LogP contribution >= 0.6 is 0 Å². The third-order valence-corrected chi connectivity index (χ3v) is 2.74. The summed E-state index contributed by atoms with van der Waals surface area (Å²) in [5.74, 6) is 1.35. The van der Waals surface area contributed by atoms with Gasteiger partial charge in [-0.25, -0.2) is 4.98 Å². The molecule has 0 aliphatic carbocycles. The number of ether oxygens (including phenoxy) is 1. The topological polar surface area (TPSA) is 63.6 Å². The SMILES string of the molecule is COc1ccc2c(C)cc(NN=C(C)C=O)nc2c1. The number of hydrogen-bond acceptors (Lipinski definition) is 5. The number of anilines is 1. The number of aldehydes is 1. The van der Waals surface area contributed by atoms with Crippen molar-refractivity contribution in [1.82, 2.24) is 4.98 Å². The molecule has 0 spiro atoms. The van der Waals surface area contributed by atoms with Gasteiger partial charge in [-0.2, -0.15) is 5.10 Å². The second-order valence-electron chi connectivity index (χ2n) is 4.19. The van der Waals surface area contributed by atoms with E-state index in [4.69, 9.17) is 4.74 Å². The number of nitrogens with one attached hydrogen (secondary N) is 1. The lowest BCUT2D eigenvalue weighted by atomic mass is 10.1. The summed E-state index contributed by atoms with van der Waals surface area (Å²) in [4.78, 5) is 14.9. The molecule has 1 N–H and O–H groups in total. The van der Waals surface area contributed by atoms with Gasteiger partial charge in [0.1, 0.15) is 11.6 Å². The number of methoxy groups -OCH3 is 1. The molecule has 0 bridgehead atoms. The van der Waals surface area contributed by atoms with Gasteiger partial charge in [-0.05, 0) is 37.6 Å². The van der Waals surface area contributed by atoms with Crippen LogP contribution in [0.25, 0.3) is 10.9 Å². The number of carbonyl (C=O) groups excluding carboxylic acids is 1. The Labute approximate surface area is 111 Å². The molecule has 0 radical (unpaired) electrons. The summed E-state index contributed by atoms with van der Waals surface area (Å²) in [6, 6.07) is 7.62. The molecule has 2 rings (SSSR count). The van der Waals surface area contributed by atoms with Gasteiger partial charge in [0.25, 0.3) is 0 Å².